The maximum Gasteiger partial charge on any atom is 0.255 e. The number of likely N-dealkylation sites (N-methyl/N-ethyl adjacent to an activating group) is 1. The van der Waals surface area contributed by atoms with Crippen LogP contribution in [0.3, 0.4) is 0 Å². The Bertz CT molecular complexity index is 579. The zero-order chi connectivity index (χ0) is 14.0. The Morgan fingerprint density at radius 1 is 1.42 bits per heavy atom. The highest BCUT2D eigenvalue weighted by molar-refractivity contribution is 7.89. The van der Waals surface area contributed by atoms with Crippen molar-refractivity contribution < 1.29 is 17.9 Å². The summed E-state index contributed by atoms with van der Waals surface area (Å²) >= 11 is 0. The number of primary sulfonamides is 1. The highest BCUT2D eigenvalue weighted by Crippen LogP contribution is 2.19. The second kappa shape index (κ2) is 5.28. The smallest absolute Gasteiger partial charge is 0.255 e. The molecule has 0 radical (unpaired) electrons. The quantitative estimate of drug-likeness (QED) is 0.858. The molecule has 0 aromatic heterocycles. The molecule has 1 atom stereocenters. The number of nitrogens with two attached hydrogens (primary N) is 1. The Hall–Kier alpha value is -1.44. The largest absolute Gasteiger partial charge is 0.379 e. The lowest BCUT2D eigenvalue weighted by Crippen LogP contribution is -2.38. The second-order valence-electron chi connectivity index (χ2n) is 4.47. The third kappa shape index (κ3) is 2.94. The van der Waals surface area contributed by atoms with Crippen molar-refractivity contribution in [2.45, 2.75) is 17.4 Å². The van der Waals surface area contributed by atoms with Crippen LogP contribution >= 0.6 is 0 Å². The van der Waals surface area contributed by atoms with Crippen LogP contribution in [0.5, 0.6) is 0 Å². The van der Waals surface area contributed by atoms with E-state index in [1.165, 1.54) is 23.1 Å². The first-order valence-corrected chi connectivity index (χ1v) is 7.42. The van der Waals surface area contributed by atoms with Gasteiger partial charge in [-0.15, -0.1) is 0 Å². The zero-order valence-electron chi connectivity index (χ0n) is 10.6. The van der Waals surface area contributed by atoms with Gasteiger partial charge in [0.25, 0.3) is 5.91 Å². The highest BCUT2D eigenvalue weighted by atomic mass is 32.2. The Morgan fingerprint density at radius 3 is 2.68 bits per heavy atom. The summed E-state index contributed by atoms with van der Waals surface area (Å²) < 4.78 is 28.2. The molecule has 1 heterocycles. The molecule has 7 heteroatoms. The highest BCUT2D eigenvalue weighted by Gasteiger charge is 2.27. The van der Waals surface area contributed by atoms with Gasteiger partial charge in [-0.2, -0.15) is 0 Å². The summed E-state index contributed by atoms with van der Waals surface area (Å²) in [7, 11) is -2.27. The van der Waals surface area contributed by atoms with Crippen LogP contribution in [0.1, 0.15) is 16.8 Å². The minimum atomic E-state index is -3.91. The number of hydrogen-bond donors (Lipinski definition) is 1. The van der Waals surface area contributed by atoms with Gasteiger partial charge in [0.05, 0.1) is 23.1 Å². The van der Waals surface area contributed by atoms with Crippen LogP contribution in [-0.2, 0) is 14.8 Å². The van der Waals surface area contributed by atoms with Gasteiger partial charge in [0.15, 0.2) is 0 Å². The molecule has 0 spiro atoms. The molecule has 0 aliphatic carbocycles. The number of amides is 1. The van der Waals surface area contributed by atoms with E-state index in [-0.39, 0.29) is 22.4 Å². The van der Waals surface area contributed by atoms with Crippen molar-refractivity contribution in [3.63, 3.8) is 0 Å². The standard InChI is InChI=1S/C12H16N2O4S/c1-14(9-6-7-18-8-9)12(15)10-4-2-3-5-11(10)19(13,16)17/h2-5,9H,6-8H2,1H3,(H2,13,16,17). The molecule has 2 N–H and O–H groups in total. The summed E-state index contributed by atoms with van der Waals surface area (Å²) in [5.74, 6) is -0.361. The maximum absolute atomic E-state index is 12.3. The van der Waals surface area contributed by atoms with E-state index in [0.29, 0.717) is 13.2 Å². The van der Waals surface area contributed by atoms with Gasteiger partial charge in [0, 0.05) is 13.7 Å². The number of nitrogens with zero attached hydrogens (tertiary/aromatic N) is 1. The lowest BCUT2D eigenvalue weighted by Gasteiger charge is -2.24. The predicted molar refractivity (Wildman–Crippen MR) is 69.1 cm³/mol. The second-order valence-corrected chi connectivity index (χ2v) is 6.00. The van der Waals surface area contributed by atoms with Crippen molar-refractivity contribution >= 4 is 15.9 Å². The van der Waals surface area contributed by atoms with E-state index in [9.17, 15) is 13.2 Å². The zero-order valence-corrected chi connectivity index (χ0v) is 11.4. The fourth-order valence-corrected chi connectivity index (χ4v) is 2.80. The molecule has 0 saturated carbocycles. The Kier molecular flexibility index (Phi) is 3.88. The van der Waals surface area contributed by atoms with Crippen molar-refractivity contribution in [3.05, 3.63) is 29.8 Å². The SMILES string of the molecule is CN(C(=O)c1ccccc1S(N)(=O)=O)C1CCOC1. The van der Waals surface area contributed by atoms with Crippen molar-refractivity contribution in [2.75, 3.05) is 20.3 Å². The molecule has 1 aliphatic rings. The first-order chi connectivity index (χ1) is 8.91. The molecule has 6 nitrogen and oxygen atoms in total. The Morgan fingerprint density at radius 2 is 2.11 bits per heavy atom. The van der Waals surface area contributed by atoms with Crippen LogP contribution in [0.2, 0.25) is 0 Å². The van der Waals surface area contributed by atoms with Crippen LogP contribution in [0.15, 0.2) is 29.2 Å². The molecule has 1 saturated heterocycles. The van der Waals surface area contributed by atoms with Crippen molar-refractivity contribution in [1.82, 2.24) is 4.90 Å². The van der Waals surface area contributed by atoms with Gasteiger partial charge in [-0.1, -0.05) is 12.1 Å². The molecule has 0 bridgehead atoms. The van der Waals surface area contributed by atoms with Gasteiger partial charge in [0.1, 0.15) is 0 Å². The fraction of sp³-hybridized carbons (Fsp3) is 0.417. The van der Waals surface area contributed by atoms with Crippen LogP contribution in [0.4, 0.5) is 0 Å². The van der Waals surface area contributed by atoms with E-state index >= 15 is 0 Å². The van der Waals surface area contributed by atoms with Crippen LogP contribution in [-0.4, -0.2) is 45.5 Å². The predicted octanol–water partition coefficient (Wildman–Crippen LogP) is 0.195. The number of carbonyl (C=O) groups excluding carboxylic acids is 1. The fourth-order valence-electron chi connectivity index (χ4n) is 2.07. The molecule has 1 aromatic carbocycles. The Balaban J connectivity index is 2.34. The summed E-state index contributed by atoms with van der Waals surface area (Å²) in [5, 5.41) is 5.13. The van der Waals surface area contributed by atoms with E-state index in [4.69, 9.17) is 9.88 Å². The van der Waals surface area contributed by atoms with Gasteiger partial charge in [-0.05, 0) is 18.6 Å². The topological polar surface area (TPSA) is 89.7 Å². The van der Waals surface area contributed by atoms with Crippen molar-refractivity contribution in [2.24, 2.45) is 5.14 Å². The molecule has 1 unspecified atom stereocenters. The lowest BCUT2D eigenvalue weighted by molar-refractivity contribution is 0.0707. The van der Waals surface area contributed by atoms with Gasteiger partial charge in [-0.25, -0.2) is 13.6 Å². The number of hydrogen-bond acceptors (Lipinski definition) is 4. The molecule has 19 heavy (non-hydrogen) atoms. The van der Waals surface area contributed by atoms with Crippen LogP contribution < -0.4 is 5.14 Å². The van der Waals surface area contributed by atoms with E-state index in [1.54, 1.807) is 13.1 Å². The van der Waals surface area contributed by atoms with Gasteiger partial charge in [-0.3, -0.25) is 4.79 Å². The number of carbonyl (C=O) groups is 1. The third-order valence-electron chi connectivity index (χ3n) is 3.20. The summed E-state index contributed by atoms with van der Waals surface area (Å²) in [6.07, 6.45) is 0.750. The number of ether oxygens (including phenoxy) is 1. The monoisotopic (exact) mass is 284 g/mol. The van der Waals surface area contributed by atoms with Crippen LogP contribution in [0.25, 0.3) is 0 Å². The number of benzene rings is 1. The van der Waals surface area contributed by atoms with Gasteiger partial charge < -0.3 is 9.64 Å². The number of rotatable bonds is 3. The summed E-state index contributed by atoms with van der Waals surface area (Å²) in [6.45, 7) is 1.08. The minimum absolute atomic E-state index is 0.0268. The van der Waals surface area contributed by atoms with Gasteiger partial charge in [0.2, 0.25) is 10.0 Å². The third-order valence-corrected chi connectivity index (χ3v) is 4.17. The average Bonchev–Trinajstić information content (AvgIpc) is 2.90. The molecule has 1 fully saturated rings. The molecule has 2 rings (SSSR count). The molecule has 1 aromatic rings. The molecule has 104 valence electrons. The first kappa shape index (κ1) is 14.0. The van der Waals surface area contributed by atoms with Crippen molar-refractivity contribution in [1.29, 1.82) is 0 Å². The van der Waals surface area contributed by atoms with E-state index in [0.717, 1.165) is 6.42 Å². The Labute approximate surface area is 112 Å². The lowest BCUT2D eigenvalue weighted by atomic mass is 10.1. The van der Waals surface area contributed by atoms with E-state index in [1.807, 2.05) is 0 Å². The molecule has 1 aliphatic heterocycles. The van der Waals surface area contributed by atoms with E-state index in [2.05, 4.69) is 0 Å². The molecular weight excluding hydrogens is 268 g/mol. The average molecular weight is 284 g/mol. The minimum Gasteiger partial charge on any atom is -0.379 e. The van der Waals surface area contributed by atoms with Gasteiger partial charge >= 0.3 is 0 Å². The van der Waals surface area contributed by atoms with Crippen LogP contribution in [0, 0.1) is 0 Å². The van der Waals surface area contributed by atoms with Crippen molar-refractivity contribution in [3.8, 4) is 0 Å². The summed E-state index contributed by atoms with van der Waals surface area (Å²) in [6, 6.07) is 5.92. The number of sulfonamides is 1. The maximum atomic E-state index is 12.3. The first-order valence-electron chi connectivity index (χ1n) is 5.88. The summed E-state index contributed by atoms with van der Waals surface area (Å²) in [5.41, 5.74) is 0.0967. The normalized spacial score (nSPS) is 19.4. The van der Waals surface area contributed by atoms with E-state index < -0.39 is 10.0 Å². The molecule has 1 amide bonds. The summed E-state index contributed by atoms with van der Waals surface area (Å²) in [4.78, 5) is 13.7. The molecular formula is C12H16N2O4S.